The highest BCUT2D eigenvalue weighted by molar-refractivity contribution is 8.82. The molecular weight excluding hydrogens is 162 g/mol. The molecule has 4 nitrogen and oxygen atoms in total. The van der Waals surface area contributed by atoms with E-state index in [-0.39, 0.29) is 5.75 Å². The Morgan fingerprint density at radius 1 is 1.56 bits per heavy atom. The number of hydrogen-bond acceptors (Lipinski definition) is 4. The molecule has 0 aromatic rings. The Morgan fingerprint density at radius 2 is 2.11 bits per heavy atom. The predicted octanol–water partition coefficient (Wildman–Crippen LogP) is 0.531. The van der Waals surface area contributed by atoms with E-state index in [1.807, 2.05) is 0 Å². The van der Waals surface area contributed by atoms with Crippen molar-refractivity contribution in [3.63, 3.8) is 0 Å². The molecule has 0 aliphatic carbocycles. The summed E-state index contributed by atoms with van der Waals surface area (Å²) in [7, 11) is 1.65. The maximum absolute atomic E-state index is 9.95. The number of carbonyl (C=O) groups excluding carboxylic acids is 1. The van der Waals surface area contributed by atoms with E-state index >= 15 is 0 Å². The van der Waals surface area contributed by atoms with Gasteiger partial charge in [0.15, 0.2) is 0 Å². The summed E-state index contributed by atoms with van der Waals surface area (Å²) in [5.74, 6) is -1.05. The zero-order chi connectivity index (χ0) is 7.28. The number of hydrogen-bond donors (Lipinski definition) is 2. The molecule has 0 aromatic carbocycles. The molecule has 3 N–H and O–H groups in total. The molecule has 0 saturated carbocycles. The first kappa shape index (κ1) is 8.64. The average Bonchev–Trinajstić information content (AvgIpc) is 1.63. The van der Waals surface area contributed by atoms with Crippen LogP contribution in [-0.2, 0) is 4.79 Å². The van der Waals surface area contributed by atoms with E-state index in [0.29, 0.717) is 0 Å². The van der Waals surface area contributed by atoms with Crippen LogP contribution in [0.3, 0.4) is 0 Å². The number of primary amides is 1. The van der Waals surface area contributed by atoms with Gasteiger partial charge in [0.25, 0.3) is 5.24 Å². The Bertz CT molecular complexity index is 112. The van der Waals surface area contributed by atoms with Crippen LogP contribution in [-0.4, -0.2) is 22.1 Å². The topological polar surface area (TPSA) is 80.4 Å². The first-order valence-corrected chi connectivity index (χ1v) is 4.25. The van der Waals surface area contributed by atoms with Crippen molar-refractivity contribution < 1.29 is 14.7 Å². The van der Waals surface area contributed by atoms with Crippen molar-refractivity contribution in [2.75, 3.05) is 5.75 Å². The number of aliphatic carboxylic acids is 1. The fraction of sp³-hybridized carbons (Fsp3) is 0.333. The van der Waals surface area contributed by atoms with Gasteiger partial charge in [-0.25, -0.2) is 0 Å². The van der Waals surface area contributed by atoms with E-state index in [0.717, 1.165) is 21.6 Å². The molecule has 0 fully saturated rings. The summed E-state index contributed by atoms with van der Waals surface area (Å²) in [4.78, 5) is 19.7. The van der Waals surface area contributed by atoms with Crippen LogP contribution in [0.15, 0.2) is 0 Å². The van der Waals surface area contributed by atoms with Gasteiger partial charge in [0, 0.05) is 10.8 Å². The average molecular weight is 167 g/mol. The smallest absolute Gasteiger partial charge is 0.314 e. The third-order valence-electron chi connectivity index (χ3n) is 0.323. The minimum absolute atomic E-state index is 0.104. The van der Waals surface area contributed by atoms with Gasteiger partial charge in [0.2, 0.25) is 0 Å². The molecule has 0 aliphatic rings. The molecule has 0 aromatic heterocycles. The molecule has 0 atom stereocenters. The summed E-state index contributed by atoms with van der Waals surface area (Å²) in [6.07, 6.45) is 0. The van der Waals surface area contributed by atoms with Gasteiger partial charge in [-0.2, -0.15) is 0 Å². The Hall–Kier alpha value is -0.360. The van der Waals surface area contributed by atoms with Crippen molar-refractivity contribution in [2.24, 2.45) is 5.73 Å². The van der Waals surface area contributed by atoms with Crippen molar-refractivity contribution in [1.29, 1.82) is 0 Å². The predicted molar refractivity (Wildman–Crippen MR) is 37.3 cm³/mol. The highest BCUT2D eigenvalue weighted by atomic mass is 33.1. The quantitative estimate of drug-likeness (QED) is 0.599. The number of carboxylic acid groups (broad SMARTS) is 1. The Kier molecular flexibility index (Phi) is 4.33. The number of carbonyl (C=O) groups is 2. The summed E-state index contributed by atoms with van der Waals surface area (Å²) < 4.78 is 0. The van der Waals surface area contributed by atoms with Crippen molar-refractivity contribution in [2.45, 2.75) is 0 Å². The summed E-state index contributed by atoms with van der Waals surface area (Å²) in [6, 6.07) is 0. The standard InChI is InChI=1S/C3H5NO3S2/c4-3(7)9-8-1-2(5)6/h1H2,(H2,4,7)(H,5,6). The van der Waals surface area contributed by atoms with Gasteiger partial charge in [-0.3, -0.25) is 9.59 Å². The van der Waals surface area contributed by atoms with Gasteiger partial charge < -0.3 is 10.8 Å². The maximum Gasteiger partial charge on any atom is 0.314 e. The third-order valence-corrected chi connectivity index (χ3v) is 2.17. The largest absolute Gasteiger partial charge is 0.481 e. The van der Waals surface area contributed by atoms with E-state index in [4.69, 9.17) is 5.11 Å². The van der Waals surface area contributed by atoms with Gasteiger partial charge in [0.1, 0.15) is 5.75 Å². The normalized spacial score (nSPS) is 8.89. The summed E-state index contributed by atoms with van der Waals surface area (Å²) in [5.41, 5.74) is 4.69. The Balaban J connectivity index is 3.10. The molecule has 0 spiro atoms. The Morgan fingerprint density at radius 3 is 2.44 bits per heavy atom. The second kappa shape index (κ2) is 4.51. The van der Waals surface area contributed by atoms with Crippen LogP contribution in [0.4, 0.5) is 4.79 Å². The lowest BCUT2D eigenvalue weighted by Crippen LogP contribution is -2.02. The second-order valence-corrected chi connectivity index (χ2v) is 3.36. The molecule has 0 bridgehead atoms. The molecular formula is C3H5NO3S2. The van der Waals surface area contributed by atoms with E-state index in [2.05, 4.69) is 5.73 Å². The summed E-state index contributed by atoms with van der Waals surface area (Å²) in [5, 5.41) is 7.47. The zero-order valence-electron chi connectivity index (χ0n) is 4.36. The molecule has 6 heteroatoms. The van der Waals surface area contributed by atoms with Crippen LogP contribution in [0.2, 0.25) is 0 Å². The lowest BCUT2D eigenvalue weighted by atomic mass is 10.8. The molecule has 1 amide bonds. The van der Waals surface area contributed by atoms with Crippen LogP contribution in [0, 0.1) is 0 Å². The number of amides is 1. The third kappa shape index (κ3) is 7.64. The van der Waals surface area contributed by atoms with Crippen LogP contribution in [0.25, 0.3) is 0 Å². The second-order valence-electron chi connectivity index (χ2n) is 1.06. The van der Waals surface area contributed by atoms with E-state index in [1.54, 1.807) is 0 Å². The van der Waals surface area contributed by atoms with Gasteiger partial charge in [-0.15, -0.1) is 0 Å². The SMILES string of the molecule is NC(=O)SSCC(=O)O. The number of rotatable bonds is 3. The number of nitrogens with two attached hydrogens (primary N) is 1. The van der Waals surface area contributed by atoms with E-state index in [9.17, 15) is 9.59 Å². The first-order valence-electron chi connectivity index (χ1n) is 1.93. The monoisotopic (exact) mass is 167 g/mol. The van der Waals surface area contributed by atoms with Gasteiger partial charge in [0.05, 0.1) is 0 Å². The van der Waals surface area contributed by atoms with Gasteiger partial charge >= 0.3 is 5.97 Å². The van der Waals surface area contributed by atoms with Crippen molar-refractivity contribution in [3.8, 4) is 0 Å². The molecule has 0 saturated heterocycles. The fourth-order valence-corrected chi connectivity index (χ4v) is 1.24. The first-order chi connectivity index (χ1) is 4.13. The van der Waals surface area contributed by atoms with Crippen molar-refractivity contribution in [3.05, 3.63) is 0 Å². The zero-order valence-corrected chi connectivity index (χ0v) is 6.00. The number of carboxylic acids is 1. The minimum Gasteiger partial charge on any atom is -0.481 e. The molecule has 9 heavy (non-hydrogen) atoms. The molecule has 0 unspecified atom stereocenters. The lowest BCUT2D eigenvalue weighted by Gasteiger charge is -1.89. The van der Waals surface area contributed by atoms with E-state index < -0.39 is 11.2 Å². The molecule has 0 rings (SSSR count). The molecule has 52 valence electrons. The highest BCUT2D eigenvalue weighted by Gasteiger charge is 1.99. The Labute approximate surface area is 59.6 Å². The fourth-order valence-electron chi connectivity index (χ4n) is 0.138. The van der Waals surface area contributed by atoms with Gasteiger partial charge in [-0.05, 0) is 0 Å². The van der Waals surface area contributed by atoms with Crippen LogP contribution in [0.5, 0.6) is 0 Å². The maximum atomic E-state index is 9.95. The highest BCUT2D eigenvalue weighted by Crippen LogP contribution is 2.19. The minimum atomic E-state index is -0.950. The van der Waals surface area contributed by atoms with Crippen LogP contribution < -0.4 is 5.73 Å². The van der Waals surface area contributed by atoms with Crippen LogP contribution >= 0.6 is 21.6 Å². The lowest BCUT2D eigenvalue weighted by molar-refractivity contribution is -0.133. The molecule has 0 aliphatic heterocycles. The van der Waals surface area contributed by atoms with Crippen molar-refractivity contribution >= 4 is 32.8 Å². The summed E-state index contributed by atoms with van der Waals surface area (Å²) >= 11 is 0. The van der Waals surface area contributed by atoms with Crippen molar-refractivity contribution in [1.82, 2.24) is 0 Å². The van der Waals surface area contributed by atoms with E-state index in [1.165, 1.54) is 0 Å². The van der Waals surface area contributed by atoms with Gasteiger partial charge in [-0.1, -0.05) is 10.8 Å². The molecule has 0 heterocycles. The summed E-state index contributed by atoms with van der Waals surface area (Å²) in [6.45, 7) is 0. The van der Waals surface area contributed by atoms with Crippen LogP contribution in [0.1, 0.15) is 0 Å². The molecule has 0 radical (unpaired) electrons.